The molecule has 0 heterocycles. The molecule has 0 spiro atoms. The Morgan fingerprint density at radius 3 is 2.38 bits per heavy atom. The van der Waals surface area contributed by atoms with Crippen molar-refractivity contribution >= 4 is 5.97 Å². The lowest BCUT2D eigenvalue weighted by atomic mass is 10.1. The maximum absolute atomic E-state index is 10.3. The predicted octanol–water partition coefficient (Wildman–Crippen LogP) is 0.851. The summed E-state index contributed by atoms with van der Waals surface area (Å²) in [6.07, 6.45) is 1.38. The molecule has 0 aromatic carbocycles. The molecule has 4 nitrogen and oxygen atoms in total. The van der Waals surface area contributed by atoms with Gasteiger partial charge in [-0.15, -0.1) is 0 Å². The Balaban J connectivity index is 3.21. The van der Waals surface area contributed by atoms with E-state index in [9.17, 15) is 4.79 Å². The number of carboxylic acids is 1. The van der Waals surface area contributed by atoms with Crippen LogP contribution in [0.4, 0.5) is 0 Å². The van der Waals surface area contributed by atoms with E-state index in [1.807, 2.05) is 0 Å². The topological polar surface area (TPSA) is 72.5 Å². The zero-order valence-electron chi connectivity index (χ0n) is 8.32. The van der Waals surface area contributed by atoms with Gasteiger partial charge in [0.2, 0.25) is 0 Å². The minimum atomic E-state index is -0.965. The maximum atomic E-state index is 10.3. The summed E-state index contributed by atoms with van der Waals surface area (Å²) in [6.45, 7) is 5.35. The van der Waals surface area contributed by atoms with Crippen molar-refractivity contribution in [2.75, 3.05) is 13.2 Å². The molecule has 0 aliphatic carbocycles. The molecule has 0 radical (unpaired) electrons. The largest absolute Gasteiger partial charge is 0.480 e. The van der Waals surface area contributed by atoms with Crippen molar-refractivity contribution in [1.82, 2.24) is 0 Å². The molecule has 0 unspecified atom stereocenters. The summed E-state index contributed by atoms with van der Waals surface area (Å²) < 4.78 is 5.22. The smallest absolute Gasteiger partial charge is 0.320 e. The SMILES string of the molecule is CC(C)CCOCC[C@@H](N)C(=O)O. The molecule has 0 fully saturated rings. The summed E-state index contributed by atoms with van der Waals surface area (Å²) >= 11 is 0. The molecule has 0 aromatic rings. The van der Waals surface area contributed by atoms with Gasteiger partial charge in [-0.3, -0.25) is 4.79 Å². The van der Waals surface area contributed by atoms with Gasteiger partial charge in [-0.2, -0.15) is 0 Å². The molecule has 0 aromatic heterocycles. The first-order valence-electron chi connectivity index (χ1n) is 4.60. The van der Waals surface area contributed by atoms with E-state index in [0.717, 1.165) is 6.42 Å². The molecule has 0 saturated carbocycles. The van der Waals surface area contributed by atoms with Crippen LogP contribution in [-0.4, -0.2) is 30.3 Å². The van der Waals surface area contributed by atoms with Crippen molar-refractivity contribution in [1.29, 1.82) is 0 Å². The lowest BCUT2D eigenvalue weighted by molar-refractivity contribution is -0.139. The summed E-state index contributed by atoms with van der Waals surface area (Å²) in [5.41, 5.74) is 5.28. The highest BCUT2D eigenvalue weighted by atomic mass is 16.5. The van der Waals surface area contributed by atoms with Gasteiger partial charge in [0.15, 0.2) is 0 Å². The van der Waals surface area contributed by atoms with Crippen LogP contribution in [0.15, 0.2) is 0 Å². The Hall–Kier alpha value is -0.610. The lowest BCUT2D eigenvalue weighted by Gasteiger charge is -2.08. The average Bonchev–Trinajstić information content (AvgIpc) is 2.02. The number of nitrogens with two attached hydrogens (primary N) is 1. The summed E-state index contributed by atoms with van der Waals surface area (Å²) in [6, 6.07) is -0.793. The van der Waals surface area contributed by atoms with Crippen molar-refractivity contribution in [3.05, 3.63) is 0 Å². The van der Waals surface area contributed by atoms with E-state index in [1.165, 1.54) is 0 Å². The molecular weight excluding hydrogens is 170 g/mol. The minimum absolute atomic E-state index is 0.382. The van der Waals surface area contributed by atoms with E-state index >= 15 is 0 Å². The first kappa shape index (κ1) is 12.4. The monoisotopic (exact) mass is 189 g/mol. The molecule has 0 aliphatic heterocycles. The van der Waals surface area contributed by atoms with Gasteiger partial charge in [-0.1, -0.05) is 13.8 Å². The van der Waals surface area contributed by atoms with Crippen molar-refractivity contribution in [2.45, 2.75) is 32.7 Å². The molecule has 3 N–H and O–H groups in total. The van der Waals surface area contributed by atoms with E-state index in [-0.39, 0.29) is 0 Å². The second kappa shape index (κ2) is 6.86. The second-order valence-corrected chi connectivity index (χ2v) is 3.53. The van der Waals surface area contributed by atoms with Crippen molar-refractivity contribution in [2.24, 2.45) is 11.7 Å². The zero-order valence-corrected chi connectivity index (χ0v) is 8.32. The average molecular weight is 189 g/mol. The van der Waals surface area contributed by atoms with E-state index in [0.29, 0.717) is 25.6 Å². The molecule has 78 valence electrons. The summed E-state index contributed by atoms with van der Waals surface area (Å²) in [7, 11) is 0. The number of rotatable bonds is 7. The Morgan fingerprint density at radius 2 is 1.92 bits per heavy atom. The van der Waals surface area contributed by atoms with Crippen molar-refractivity contribution < 1.29 is 14.6 Å². The predicted molar refractivity (Wildman–Crippen MR) is 50.5 cm³/mol. The quantitative estimate of drug-likeness (QED) is 0.582. The van der Waals surface area contributed by atoms with Crippen LogP contribution in [0.5, 0.6) is 0 Å². The van der Waals surface area contributed by atoms with E-state index < -0.39 is 12.0 Å². The first-order chi connectivity index (χ1) is 6.04. The van der Waals surface area contributed by atoms with Crippen LogP contribution >= 0.6 is 0 Å². The standard InChI is InChI=1S/C9H19NO3/c1-7(2)3-5-13-6-4-8(10)9(11)12/h7-8H,3-6,10H2,1-2H3,(H,11,12)/t8-/m1/s1. The number of aliphatic carboxylic acids is 1. The van der Waals surface area contributed by atoms with Gasteiger partial charge in [0.1, 0.15) is 6.04 Å². The van der Waals surface area contributed by atoms with Crippen LogP contribution in [0, 0.1) is 5.92 Å². The molecule has 0 saturated heterocycles. The fraction of sp³-hybridized carbons (Fsp3) is 0.889. The highest BCUT2D eigenvalue weighted by molar-refractivity contribution is 5.72. The Bertz CT molecular complexity index is 148. The summed E-state index contributed by atoms with van der Waals surface area (Å²) in [5, 5.41) is 8.45. The number of hydrogen-bond donors (Lipinski definition) is 2. The van der Waals surface area contributed by atoms with E-state index in [4.69, 9.17) is 15.6 Å². The van der Waals surface area contributed by atoms with Gasteiger partial charge in [-0.25, -0.2) is 0 Å². The fourth-order valence-electron chi connectivity index (χ4n) is 0.755. The molecule has 0 aliphatic rings. The van der Waals surface area contributed by atoms with Gasteiger partial charge >= 0.3 is 5.97 Å². The summed E-state index contributed by atoms with van der Waals surface area (Å²) in [4.78, 5) is 10.3. The van der Waals surface area contributed by atoms with Crippen molar-refractivity contribution in [3.8, 4) is 0 Å². The van der Waals surface area contributed by atoms with Gasteiger partial charge in [0.25, 0.3) is 0 Å². The second-order valence-electron chi connectivity index (χ2n) is 3.53. The number of carboxylic acid groups (broad SMARTS) is 1. The van der Waals surface area contributed by atoms with Gasteiger partial charge < -0.3 is 15.6 Å². The molecule has 0 amide bonds. The van der Waals surface area contributed by atoms with Crippen LogP contribution in [0.2, 0.25) is 0 Å². The third-order valence-electron chi connectivity index (χ3n) is 1.73. The fourth-order valence-corrected chi connectivity index (χ4v) is 0.755. The van der Waals surface area contributed by atoms with Crippen LogP contribution < -0.4 is 5.73 Å². The third-order valence-corrected chi connectivity index (χ3v) is 1.73. The van der Waals surface area contributed by atoms with Gasteiger partial charge in [0.05, 0.1) is 0 Å². The number of ether oxygens (including phenoxy) is 1. The molecule has 13 heavy (non-hydrogen) atoms. The molecule has 4 heteroatoms. The molecular formula is C9H19NO3. The molecule has 1 atom stereocenters. The van der Waals surface area contributed by atoms with Crippen LogP contribution in [-0.2, 0) is 9.53 Å². The van der Waals surface area contributed by atoms with Gasteiger partial charge in [-0.05, 0) is 18.8 Å². The number of carbonyl (C=O) groups is 1. The lowest BCUT2D eigenvalue weighted by Crippen LogP contribution is -2.31. The molecule has 0 bridgehead atoms. The summed E-state index contributed by atoms with van der Waals surface area (Å²) in [5.74, 6) is -0.347. The first-order valence-corrected chi connectivity index (χ1v) is 4.60. The van der Waals surface area contributed by atoms with Gasteiger partial charge in [0, 0.05) is 13.2 Å². The highest BCUT2D eigenvalue weighted by Gasteiger charge is 2.10. The zero-order chi connectivity index (χ0) is 10.3. The Kier molecular flexibility index (Phi) is 6.54. The van der Waals surface area contributed by atoms with E-state index in [1.54, 1.807) is 0 Å². The Labute approximate surface area is 79.1 Å². The maximum Gasteiger partial charge on any atom is 0.320 e. The van der Waals surface area contributed by atoms with Crippen LogP contribution in [0.25, 0.3) is 0 Å². The normalized spacial score (nSPS) is 13.2. The van der Waals surface area contributed by atoms with Crippen LogP contribution in [0.3, 0.4) is 0 Å². The highest BCUT2D eigenvalue weighted by Crippen LogP contribution is 1.99. The van der Waals surface area contributed by atoms with Crippen LogP contribution in [0.1, 0.15) is 26.7 Å². The Morgan fingerprint density at radius 1 is 1.38 bits per heavy atom. The van der Waals surface area contributed by atoms with E-state index in [2.05, 4.69) is 13.8 Å². The van der Waals surface area contributed by atoms with Crippen molar-refractivity contribution in [3.63, 3.8) is 0 Å². The number of hydrogen-bond acceptors (Lipinski definition) is 3. The molecule has 0 rings (SSSR count). The minimum Gasteiger partial charge on any atom is -0.480 e. The third kappa shape index (κ3) is 7.74.